The van der Waals surface area contributed by atoms with Crippen molar-refractivity contribution in [1.29, 1.82) is 0 Å². The molecule has 1 heterocycles. The molecule has 1 aromatic carbocycles. The summed E-state index contributed by atoms with van der Waals surface area (Å²) in [6.07, 6.45) is 6.36. The summed E-state index contributed by atoms with van der Waals surface area (Å²) in [5.74, 6) is 0.760. The molecule has 0 saturated heterocycles. The minimum atomic E-state index is -0.342. The smallest absolute Gasteiger partial charge is 0.310 e. The van der Waals surface area contributed by atoms with E-state index in [1.165, 1.54) is 37.7 Å². The summed E-state index contributed by atoms with van der Waals surface area (Å²) in [5.41, 5.74) is 3.68. The Morgan fingerprint density at radius 1 is 1.12 bits per heavy atom. The van der Waals surface area contributed by atoms with Crippen LogP contribution in [0.25, 0.3) is 0 Å². The fourth-order valence-electron chi connectivity index (χ4n) is 3.55. The van der Waals surface area contributed by atoms with E-state index in [2.05, 4.69) is 34.6 Å². The lowest BCUT2D eigenvalue weighted by atomic mass is 9.93. The first-order chi connectivity index (χ1) is 12.8. The van der Waals surface area contributed by atoms with E-state index >= 15 is 0 Å². The summed E-state index contributed by atoms with van der Waals surface area (Å²) in [6.45, 7) is 3.85. The molecule has 140 valence electrons. The third-order valence-corrected chi connectivity index (χ3v) is 4.87. The van der Waals surface area contributed by atoms with Crippen molar-refractivity contribution >= 4 is 5.91 Å². The minimum absolute atomic E-state index is 0.289. The first-order valence-electron chi connectivity index (χ1n) is 9.55. The van der Waals surface area contributed by atoms with Crippen LogP contribution in [0, 0.1) is 0 Å². The van der Waals surface area contributed by atoms with Crippen LogP contribution in [-0.2, 0) is 17.9 Å². The molecule has 1 amide bonds. The zero-order chi connectivity index (χ0) is 18.2. The molecule has 0 spiro atoms. The van der Waals surface area contributed by atoms with Gasteiger partial charge in [0.05, 0.1) is 13.2 Å². The number of rotatable bonds is 8. The van der Waals surface area contributed by atoms with E-state index < -0.39 is 0 Å². The molecule has 2 aromatic rings. The third-order valence-electron chi connectivity index (χ3n) is 4.87. The Kier molecular flexibility index (Phi) is 6.86. The number of nitrogens with one attached hydrogen (secondary N) is 1. The molecular weight excluding hydrogens is 328 g/mol. The predicted molar refractivity (Wildman–Crippen MR) is 100 cm³/mol. The van der Waals surface area contributed by atoms with Gasteiger partial charge in [-0.2, -0.15) is 0 Å². The Bertz CT molecular complexity index is 678. The molecule has 1 fully saturated rings. The molecule has 0 radical (unpaired) electrons. The highest BCUT2D eigenvalue weighted by molar-refractivity contribution is 5.90. The Labute approximate surface area is 155 Å². The second-order valence-corrected chi connectivity index (χ2v) is 6.81. The SMILES string of the molecule is CCONC(=O)c1ccc(CN(Cc2ccccc2)C2CCCCC2)o1. The molecule has 3 rings (SSSR count). The van der Waals surface area contributed by atoms with Crippen LogP contribution in [0.15, 0.2) is 46.9 Å². The van der Waals surface area contributed by atoms with Gasteiger partial charge in [-0.25, -0.2) is 5.48 Å². The Morgan fingerprint density at radius 2 is 1.88 bits per heavy atom. The van der Waals surface area contributed by atoms with Gasteiger partial charge in [-0.1, -0.05) is 49.6 Å². The fraction of sp³-hybridized carbons (Fsp3) is 0.476. The van der Waals surface area contributed by atoms with Crippen LogP contribution < -0.4 is 5.48 Å². The monoisotopic (exact) mass is 356 g/mol. The summed E-state index contributed by atoms with van der Waals surface area (Å²) >= 11 is 0. The molecule has 0 bridgehead atoms. The van der Waals surface area contributed by atoms with Gasteiger partial charge in [0.2, 0.25) is 0 Å². The number of carbonyl (C=O) groups excluding carboxylic acids is 1. The van der Waals surface area contributed by atoms with Gasteiger partial charge in [0.15, 0.2) is 5.76 Å². The van der Waals surface area contributed by atoms with Crippen molar-refractivity contribution in [2.45, 2.75) is 58.2 Å². The second-order valence-electron chi connectivity index (χ2n) is 6.81. The number of hydrogen-bond donors (Lipinski definition) is 1. The van der Waals surface area contributed by atoms with Gasteiger partial charge < -0.3 is 4.42 Å². The summed E-state index contributed by atoms with van der Waals surface area (Å²) < 4.78 is 5.77. The lowest BCUT2D eigenvalue weighted by Gasteiger charge is -2.33. The van der Waals surface area contributed by atoms with Crippen LogP contribution in [0.3, 0.4) is 0 Å². The molecule has 1 aliphatic rings. The first-order valence-corrected chi connectivity index (χ1v) is 9.55. The van der Waals surface area contributed by atoms with Crippen molar-refractivity contribution in [1.82, 2.24) is 10.4 Å². The number of nitrogens with zero attached hydrogens (tertiary/aromatic N) is 1. The van der Waals surface area contributed by atoms with E-state index in [9.17, 15) is 4.79 Å². The Morgan fingerprint density at radius 3 is 2.62 bits per heavy atom. The van der Waals surface area contributed by atoms with Crippen molar-refractivity contribution in [3.63, 3.8) is 0 Å². The summed E-state index contributed by atoms with van der Waals surface area (Å²) in [5, 5.41) is 0. The normalized spacial score (nSPS) is 15.3. The van der Waals surface area contributed by atoms with Gasteiger partial charge >= 0.3 is 5.91 Å². The van der Waals surface area contributed by atoms with Crippen LogP contribution >= 0.6 is 0 Å². The van der Waals surface area contributed by atoms with E-state index in [1.807, 2.05) is 19.1 Å². The highest BCUT2D eigenvalue weighted by Gasteiger charge is 2.23. The van der Waals surface area contributed by atoms with Crippen LogP contribution in [0.5, 0.6) is 0 Å². The first kappa shape index (κ1) is 18.7. The van der Waals surface area contributed by atoms with Crippen molar-refractivity contribution in [3.05, 3.63) is 59.5 Å². The number of furan rings is 1. The van der Waals surface area contributed by atoms with Crippen LogP contribution in [0.2, 0.25) is 0 Å². The van der Waals surface area contributed by atoms with Crippen LogP contribution in [0.1, 0.15) is 60.9 Å². The second kappa shape index (κ2) is 9.55. The topological polar surface area (TPSA) is 54.7 Å². The standard InChI is InChI=1S/C21H28N2O3/c1-2-25-22-21(24)20-14-13-19(26-20)16-23(18-11-7-4-8-12-18)15-17-9-5-3-6-10-17/h3,5-6,9-10,13-14,18H,2,4,7-8,11-12,15-16H2,1H3,(H,22,24). The Hall–Kier alpha value is -2.11. The number of hydroxylamine groups is 1. The van der Waals surface area contributed by atoms with Crippen molar-refractivity contribution in [3.8, 4) is 0 Å². The number of carbonyl (C=O) groups is 1. The number of hydrogen-bond acceptors (Lipinski definition) is 4. The van der Waals surface area contributed by atoms with Gasteiger partial charge in [-0.15, -0.1) is 0 Å². The van der Waals surface area contributed by atoms with Crippen LogP contribution in [-0.4, -0.2) is 23.5 Å². The molecule has 0 aliphatic heterocycles. The van der Waals surface area contributed by atoms with Crippen LogP contribution in [0.4, 0.5) is 0 Å². The minimum Gasteiger partial charge on any atom is -0.454 e. The van der Waals surface area contributed by atoms with E-state index in [4.69, 9.17) is 9.25 Å². The summed E-state index contributed by atoms with van der Waals surface area (Å²) in [7, 11) is 0. The summed E-state index contributed by atoms with van der Waals surface area (Å²) in [4.78, 5) is 19.4. The van der Waals surface area contributed by atoms with Crippen molar-refractivity contribution < 1.29 is 14.0 Å². The highest BCUT2D eigenvalue weighted by atomic mass is 16.7. The van der Waals surface area contributed by atoms with E-state index in [0.29, 0.717) is 19.2 Å². The zero-order valence-corrected chi connectivity index (χ0v) is 15.4. The molecule has 5 nitrogen and oxygen atoms in total. The molecule has 1 N–H and O–H groups in total. The molecule has 0 atom stereocenters. The van der Waals surface area contributed by atoms with Gasteiger partial charge in [-0.05, 0) is 37.5 Å². The molecule has 5 heteroatoms. The van der Waals surface area contributed by atoms with E-state index in [1.54, 1.807) is 6.07 Å². The number of benzene rings is 1. The Balaban J connectivity index is 1.68. The van der Waals surface area contributed by atoms with Gasteiger partial charge in [0.25, 0.3) is 0 Å². The average molecular weight is 356 g/mol. The van der Waals surface area contributed by atoms with Gasteiger partial charge in [-0.3, -0.25) is 14.5 Å². The van der Waals surface area contributed by atoms with Gasteiger partial charge in [0.1, 0.15) is 5.76 Å². The molecule has 1 aromatic heterocycles. The maximum atomic E-state index is 12.0. The van der Waals surface area contributed by atoms with Crippen molar-refractivity contribution in [2.75, 3.05) is 6.61 Å². The van der Waals surface area contributed by atoms with Crippen molar-refractivity contribution in [2.24, 2.45) is 0 Å². The van der Waals surface area contributed by atoms with E-state index in [0.717, 1.165) is 12.3 Å². The largest absolute Gasteiger partial charge is 0.454 e. The molecule has 1 saturated carbocycles. The predicted octanol–water partition coefficient (Wildman–Crippen LogP) is 4.30. The third kappa shape index (κ3) is 5.19. The highest BCUT2D eigenvalue weighted by Crippen LogP contribution is 2.26. The average Bonchev–Trinajstić information content (AvgIpc) is 3.16. The lowest BCUT2D eigenvalue weighted by Crippen LogP contribution is -2.35. The molecule has 0 unspecified atom stereocenters. The fourth-order valence-corrected chi connectivity index (χ4v) is 3.55. The molecular formula is C21H28N2O3. The quantitative estimate of drug-likeness (QED) is 0.717. The number of amides is 1. The summed E-state index contributed by atoms with van der Waals surface area (Å²) in [6, 6.07) is 14.7. The lowest BCUT2D eigenvalue weighted by molar-refractivity contribution is 0.0337. The van der Waals surface area contributed by atoms with E-state index in [-0.39, 0.29) is 11.7 Å². The molecule has 1 aliphatic carbocycles. The zero-order valence-electron chi connectivity index (χ0n) is 15.4. The maximum absolute atomic E-state index is 12.0. The molecule has 26 heavy (non-hydrogen) atoms. The maximum Gasteiger partial charge on any atom is 0.310 e. The van der Waals surface area contributed by atoms with Gasteiger partial charge in [0, 0.05) is 12.6 Å².